The van der Waals surface area contributed by atoms with Crippen LogP contribution in [-0.2, 0) is 6.54 Å². The molecule has 0 bridgehead atoms. The molecule has 0 amide bonds. The molecule has 0 saturated carbocycles. The van der Waals surface area contributed by atoms with Crippen LogP contribution in [0.4, 0.5) is 0 Å². The highest BCUT2D eigenvalue weighted by atomic mass is 35.5. The number of alkyl halides is 1. The van der Waals surface area contributed by atoms with Gasteiger partial charge in [-0.2, -0.15) is 0 Å². The van der Waals surface area contributed by atoms with E-state index in [-0.39, 0.29) is 0 Å². The number of rotatable bonds is 6. The summed E-state index contributed by atoms with van der Waals surface area (Å²) in [5, 5.41) is 0. The molecule has 2 atom stereocenters. The fraction of sp³-hybridized carbons (Fsp3) is 0.400. The number of ether oxygens (including phenoxy) is 2. The zero-order valence-electron chi connectivity index (χ0n) is 14.2. The molecule has 0 radical (unpaired) electrons. The van der Waals surface area contributed by atoms with Crippen LogP contribution in [0.5, 0.6) is 11.5 Å². The number of halogens is 1. The summed E-state index contributed by atoms with van der Waals surface area (Å²) in [4.78, 5) is 2.47. The topological polar surface area (TPSA) is 21.7 Å². The molecule has 3 nitrogen and oxygen atoms in total. The van der Waals surface area contributed by atoms with E-state index in [9.17, 15) is 0 Å². The average Bonchev–Trinajstić information content (AvgIpc) is 3.04. The summed E-state index contributed by atoms with van der Waals surface area (Å²) >= 11 is 6.30. The monoisotopic (exact) mass is 345 g/mol. The number of methoxy groups -OCH3 is 2. The van der Waals surface area contributed by atoms with Crippen LogP contribution < -0.4 is 9.47 Å². The van der Waals surface area contributed by atoms with Crippen molar-refractivity contribution in [2.75, 3.05) is 33.2 Å². The molecule has 4 heteroatoms. The summed E-state index contributed by atoms with van der Waals surface area (Å²) < 4.78 is 11.2. The molecule has 1 saturated heterocycles. The summed E-state index contributed by atoms with van der Waals surface area (Å²) in [5.41, 5.74) is 2.47. The van der Waals surface area contributed by atoms with E-state index in [1.54, 1.807) is 14.2 Å². The van der Waals surface area contributed by atoms with Gasteiger partial charge in [0.15, 0.2) is 0 Å². The number of benzene rings is 2. The predicted octanol–water partition coefficient (Wildman–Crippen LogP) is 4.16. The molecular weight excluding hydrogens is 322 g/mol. The number of hydrogen-bond acceptors (Lipinski definition) is 3. The minimum Gasteiger partial charge on any atom is -0.496 e. The van der Waals surface area contributed by atoms with Crippen LogP contribution in [0, 0.1) is 5.92 Å². The fourth-order valence-corrected chi connectivity index (χ4v) is 3.97. The smallest absolute Gasteiger partial charge is 0.126 e. The third kappa shape index (κ3) is 3.52. The largest absolute Gasteiger partial charge is 0.496 e. The molecule has 1 heterocycles. The Balaban J connectivity index is 1.85. The lowest BCUT2D eigenvalue weighted by atomic mass is 9.89. The molecule has 1 fully saturated rings. The number of nitrogens with zero attached hydrogens (tertiary/aromatic N) is 1. The Morgan fingerprint density at radius 3 is 2.21 bits per heavy atom. The van der Waals surface area contributed by atoms with Gasteiger partial charge in [0.1, 0.15) is 11.5 Å². The van der Waals surface area contributed by atoms with E-state index in [2.05, 4.69) is 35.2 Å². The highest BCUT2D eigenvalue weighted by Gasteiger charge is 2.36. The van der Waals surface area contributed by atoms with Crippen molar-refractivity contribution in [3.8, 4) is 11.5 Å². The van der Waals surface area contributed by atoms with Gasteiger partial charge in [0, 0.05) is 37.0 Å². The second-order valence-corrected chi connectivity index (χ2v) is 6.59. The summed E-state index contributed by atoms with van der Waals surface area (Å²) in [5.74, 6) is 3.11. The quantitative estimate of drug-likeness (QED) is 0.734. The van der Waals surface area contributed by atoms with Crippen molar-refractivity contribution >= 4 is 11.6 Å². The van der Waals surface area contributed by atoms with Gasteiger partial charge in [0.05, 0.1) is 14.2 Å². The van der Waals surface area contributed by atoms with Crippen molar-refractivity contribution < 1.29 is 9.47 Å². The predicted molar refractivity (Wildman–Crippen MR) is 98.2 cm³/mol. The van der Waals surface area contributed by atoms with E-state index in [0.29, 0.717) is 17.7 Å². The maximum Gasteiger partial charge on any atom is 0.126 e. The Hall–Kier alpha value is -1.71. The lowest BCUT2D eigenvalue weighted by Crippen LogP contribution is -2.20. The zero-order chi connectivity index (χ0) is 16.9. The summed E-state index contributed by atoms with van der Waals surface area (Å²) in [6, 6.07) is 16.5. The third-order valence-electron chi connectivity index (χ3n) is 4.80. The van der Waals surface area contributed by atoms with Crippen molar-refractivity contribution in [3.05, 3.63) is 59.7 Å². The average molecular weight is 346 g/mol. The second-order valence-electron chi connectivity index (χ2n) is 6.28. The lowest BCUT2D eigenvalue weighted by Gasteiger charge is -2.22. The molecule has 2 aromatic carbocycles. The molecule has 0 N–H and O–H groups in total. The first-order valence-electron chi connectivity index (χ1n) is 8.30. The van der Waals surface area contributed by atoms with Crippen molar-refractivity contribution in [1.82, 2.24) is 4.90 Å². The van der Waals surface area contributed by atoms with Gasteiger partial charge in [0.2, 0.25) is 0 Å². The SMILES string of the molecule is COc1cccc(OC)c1[C@H]1CN(Cc2ccccc2)C[C@H]1CCl. The first-order chi connectivity index (χ1) is 11.8. The highest BCUT2D eigenvalue weighted by Crippen LogP contribution is 2.43. The van der Waals surface area contributed by atoms with Crippen molar-refractivity contribution in [2.24, 2.45) is 5.92 Å². The summed E-state index contributed by atoms with van der Waals surface area (Å²) in [6.45, 7) is 2.90. The molecule has 3 rings (SSSR count). The van der Waals surface area contributed by atoms with Crippen LogP contribution in [0.25, 0.3) is 0 Å². The molecule has 0 unspecified atom stereocenters. The summed E-state index contributed by atoms with van der Waals surface area (Å²) in [7, 11) is 3.43. The Morgan fingerprint density at radius 1 is 0.958 bits per heavy atom. The highest BCUT2D eigenvalue weighted by molar-refractivity contribution is 6.18. The Kier molecular flexibility index (Phi) is 5.64. The van der Waals surface area contributed by atoms with E-state index < -0.39 is 0 Å². The molecule has 0 aliphatic carbocycles. The van der Waals surface area contributed by atoms with Gasteiger partial charge < -0.3 is 9.47 Å². The molecule has 1 aliphatic rings. The minimum absolute atomic E-state index is 0.317. The summed E-state index contributed by atoms with van der Waals surface area (Å²) in [6.07, 6.45) is 0. The van der Waals surface area contributed by atoms with Gasteiger partial charge in [-0.1, -0.05) is 36.4 Å². The van der Waals surface area contributed by atoms with E-state index in [0.717, 1.165) is 36.7 Å². The minimum atomic E-state index is 0.317. The molecular formula is C20H24ClNO2. The Labute approximate surface area is 149 Å². The Bertz CT molecular complexity index is 640. The Morgan fingerprint density at radius 2 is 1.62 bits per heavy atom. The molecule has 0 aromatic heterocycles. The fourth-order valence-electron chi connectivity index (χ4n) is 3.66. The van der Waals surface area contributed by atoms with E-state index >= 15 is 0 Å². The standard InChI is InChI=1S/C20H24ClNO2/c1-23-18-9-6-10-19(24-2)20(18)17-14-22(13-16(17)11-21)12-15-7-4-3-5-8-15/h3-10,16-17H,11-14H2,1-2H3/t16-,17+/m1/s1. The molecule has 2 aromatic rings. The van der Waals surface area contributed by atoms with E-state index in [1.807, 2.05) is 18.2 Å². The second kappa shape index (κ2) is 7.91. The van der Waals surface area contributed by atoms with E-state index in [1.165, 1.54) is 5.56 Å². The third-order valence-corrected chi connectivity index (χ3v) is 5.20. The van der Waals surface area contributed by atoms with Gasteiger partial charge >= 0.3 is 0 Å². The first kappa shape index (κ1) is 17.1. The molecule has 0 spiro atoms. The number of hydrogen-bond donors (Lipinski definition) is 0. The van der Waals surface area contributed by atoms with Gasteiger partial charge in [-0.25, -0.2) is 0 Å². The van der Waals surface area contributed by atoms with Crippen LogP contribution in [0.3, 0.4) is 0 Å². The molecule has 24 heavy (non-hydrogen) atoms. The molecule has 128 valence electrons. The zero-order valence-corrected chi connectivity index (χ0v) is 15.0. The normalized spacial score (nSPS) is 21.0. The van der Waals surface area contributed by atoms with Crippen LogP contribution in [0.2, 0.25) is 0 Å². The lowest BCUT2D eigenvalue weighted by molar-refractivity contribution is 0.318. The van der Waals surface area contributed by atoms with Crippen LogP contribution in [0.1, 0.15) is 17.0 Å². The van der Waals surface area contributed by atoms with Gasteiger partial charge in [0.25, 0.3) is 0 Å². The maximum atomic E-state index is 6.30. The van der Waals surface area contributed by atoms with Crippen LogP contribution >= 0.6 is 11.6 Å². The van der Waals surface area contributed by atoms with E-state index in [4.69, 9.17) is 21.1 Å². The maximum absolute atomic E-state index is 6.30. The van der Waals surface area contributed by atoms with Crippen LogP contribution in [0.15, 0.2) is 48.5 Å². The first-order valence-corrected chi connectivity index (χ1v) is 8.83. The van der Waals surface area contributed by atoms with Crippen molar-refractivity contribution in [2.45, 2.75) is 12.5 Å². The van der Waals surface area contributed by atoms with Crippen molar-refractivity contribution in [1.29, 1.82) is 0 Å². The van der Waals surface area contributed by atoms with Gasteiger partial charge in [-0.3, -0.25) is 4.90 Å². The molecule has 1 aliphatic heterocycles. The van der Waals surface area contributed by atoms with Crippen molar-refractivity contribution in [3.63, 3.8) is 0 Å². The van der Waals surface area contributed by atoms with Gasteiger partial charge in [-0.05, 0) is 23.6 Å². The van der Waals surface area contributed by atoms with Gasteiger partial charge in [-0.15, -0.1) is 11.6 Å². The number of likely N-dealkylation sites (tertiary alicyclic amines) is 1. The van der Waals surface area contributed by atoms with Crippen LogP contribution in [-0.4, -0.2) is 38.1 Å².